The van der Waals surface area contributed by atoms with Crippen molar-refractivity contribution in [1.82, 2.24) is 19.6 Å². The Morgan fingerprint density at radius 3 is 1.12 bits per heavy atom. The van der Waals surface area contributed by atoms with E-state index < -0.39 is 10.4 Å². The Morgan fingerprint density at radius 1 is 0.760 bits per heavy atom. The van der Waals surface area contributed by atoms with Crippen LogP contribution in [0.2, 0.25) is 0 Å². The molecule has 2 aliphatic rings. The Hall–Kier alpha value is -1.67. The SMILES string of the molecule is CN1CCN(C(=N)N)CC1.CN1CCN(C(=N)N)CC1.O=S(=O)(O)O. The molecule has 2 aliphatic heterocycles. The number of hydrogen-bond donors (Lipinski definition) is 6. The standard InChI is InChI=1S/2C6H14N4.H2O4S/c2*1-9-2-4-10(5-3-9)6(7)8;1-5(2,3)4/h2*2-5H2,1H3,(H3,7,8);(H2,1,2,3,4). The maximum Gasteiger partial charge on any atom is 0.394 e. The third-order valence-corrected chi connectivity index (χ3v) is 3.69. The van der Waals surface area contributed by atoms with Gasteiger partial charge in [0, 0.05) is 52.4 Å². The molecule has 8 N–H and O–H groups in total. The van der Waals surface area contributed by atoms with E-state index in [-0.39, 0.29) is 11.9 Å². The third kappa shape index (κ3) is 13.3. The molecule has 2 saturated heterocycles. The number of nitrogens with zero attached hydrogens (tertiary/aromatic N) is 4. The first-order chi connectivity index (χ1) is 11.4. The zero-order valence-corrected chi connectivity index (χ0v) is 15.5. The van der Waals surface area contributed by atoms with Crippen LogP contribution in [0.1, 0.15) is 0 Å². The zero-order valence-electron chi connectivity index (χ0n) is 14.7. The first-order valence-electron chi connectivity index (χ1n) is 7.65. The lowest BCUT2D eigenvalue weighted by molar-refractivity contribution is 0.213. The topological polar surface area (TPSA) is 187 Å². The van der Waals surface area contributed by atoms with Gasteiger partial charge in [0.2, 0.25) is 0 Å². The van der Waals surface area contributed by atoms with Gasteiger partial charge in [-0.25, -0.2) is 0 Å². The summed E-state index contributed by atoms with van der Waals surface area (Å²) in [7, 11) is -0.505. The van der Waals surface area contributed by atoms with Crippen molar-refractivity contribution in [3.05, 3.63) is 0 Å². The second-order valence-corrected chi connectivity index (χ2v) is 6.69. The van der Waals surface area contributed by atoms with Crippen molar-refractivity contribution in [1.29, 1.82) is 10.8 Å². The van der Waals surface area contributed by atoms with Gasteiger partial charge < -0.3 is 31.1 Å². The highest BCUT2D eigenvalue weighted by Crippen LogP contribution is 1.97. The summed E-state index contributed by atoms with van der Waals surface area (Å²) in [5, 5.41) is 14.3. The Bertz CT molecular complexity index is 473. The van der Waals surface area contributed by atoms with Gasteiger partial charge in [-0.05, 0) is 14.1 Å². The smallest absolute Gasteiger partial charge is 0.370 e. The monoisotopic (exact) mass is 382 g/mol. The van der Waals surface area contributed by atoms with E-state index in [0.717, 1.165) is 52.4 Å². The summed E-state index contributed by atoms with van der Waals surface area (Å²) in [4.78, 5) is 8.25. The molecule has 2 heterocycles. The molecule has 0 bridgehead atoms. The van der Waals surface area contributed by atoms with Crippen molar-refractivity contribution < 1.29 is 17.5 Å². The molecule has 13 heteroatoms. The maximum atomic E-state index is 8.74. The average molecular weight is 382 g/mol. The number of nitrogens with two attached hydrogens (primary N) is 2. The van der Waals surface area contributed by atoms with Crippen LogP contribution in [-0.2, 0) is 10.4 Å². The van der Waals surface area contributed by atoms with Gasteiger partial charge in [-0.2, -0.15) is 8.42 Å². The molecule has 0 saturated carbocycles. The van der Waals surface area contributed by atoms with Gasteiger partial charge >= 0.3 is 10.4 Å². The average Bonchev–Trinajstić information content (AvgIpc) is 2.47. The van der Waals surface area contributed by atoms with E-state index in [0.29, 0.717) is 0 Å². The van der Waals surface area contributed by atoms with E-state index >= 15 is 0 Å². The highest BCUT2D eigenvalue weighted by molar-refractivity contribution is 7.79. The van der Waals surface area contributed by atoms with Crippen molar-refractivity contribution in [2.75, 3.05) is 66.5 Å². The molecular weight excluding hydrogens is 352 g/mol. The molecule has 2 rings (SSSR count). The third-order valence-electron chi connectivity index (χ3n) is 3.69. The summed E-state index contributed by atoms with van der Waals surface area (Å²) < 4.78 is 31.6. The fraction of sp³-hybridized carbons (Fsp3) is 0.833. The predicted octanol–water partition coefficient (Wildman–Crippen LogP) is -2.40. The van der Waals surface area contributed by atoms with E-state index in [1.807, 2.05) is 9.80 Å². The second kappa shape index (κ2) is 11.0. The molecule has 0 aliphatic carbocycles. The molecular formula is C12H30N8O4S. The molecule has 25 heavy (non-hydrogen) atoms. The Morgan fingerprint density at radius 2 is 0.960 bits per heavy atom. The molecule has 0 radical (unpaired) electrons. The number of hydrogen-bond acceptors (Lipinski definition) is 6. The van der Waals surface area contributed by atoms with Crippen molar-refractivity contribution >= 4 is 22.3 Å². The summed E-state index contributed by atoms with van der Waals surface area (Å²) in [5.41, 5.74) is 10.6. The van der Waals surface area contributed by atoms with Crippen LogP contribution >= 0.6 is 0 Å². The first kappa shape index (κ1) is 23.3. The van der Waals surface area contributed by atoms with Crippen LogP contribution < -0.4 is 11.5 Å². The number of nitrogens with one attached hydrogen (secondary N) is 2. The van der Waals surface area contributed by atoms with Gasteiger partial charge in [-0.3, -0.25) is 19.9 Å². The molecule has 0 unspecified atom stereocenters. The maximum absolute atomic E-state index is 8.74. The van der Waals surface area contributed by atoms with Crippen LogP contribution in [0, 0.1) is 10.8 Å². The van der Waals surface area contributed by atoms with Crippen LogP contribution in [0.3, 0.4) is 0 Å². The minimum atomic E-state index is -4.67. The molecule has 0 aromatic rings. The van der Waals surface area contributed by atoms with Gasteiger partial charge in [0.25, 0.3) is 0 Å². The largest absolute Gasteiger partial charge is 0.394 e. The number of rotatable bonds is 0. The molecule has 2 fully saturated rings. The van der Waals surface area contributed by atoms with E-state index in [1.165, 1.54) is 0 Å². The molecule has 0 atom stereocenters. The van der Waals surface area contributed by atoms with E-state index in [2.05, 4.69) is 23.9 Å². The first-order valence-corrected chi connectivity index (χ1v) is 9.04. The van der Waals surface area contributed by atoms with Gasteiger partial charge in [-0.1, -0.05) is 0 Å². The van der Waals surface area contributed by atoms with E-state index in [4.69, 9.17) is 39.8 Å². The molecule has 12 nitrogen and oxygen atoms in total. The summed E-state index contributed by atoms with van der Waals surface area (Å²) in [6, 6.07) is 0. The lowest BCUT2D eigenvalue weighted by Gasteiger charge is -2.32. The van der Waals surface area contributed by atoms with E-state index in [9.17, 15) is 0 Å². The van der Waals surface area contributed by atoms with Crippen LogP contribution in [-0.4, -0.2) is 115 Å². The van der Waals surface area contributed by atoms with Crippen LogP contribution in [0.15, 0.2) is 0 Å². The Labute approximate surface area is 148 Å². The van der Waals surface area contributed by atoms with Crippen molar-refractivity contribution in [3.63, 3.8) is 0 Å². The highest BCUT2D eigenvalue weighted by Gasteiger charge is 2.14. The summed E-state index contributed by atoms with van der Waals surface area (Å²) in [6.45, 7) is 7.63. The normalized spacial score (nSPS) is 19.2. The minimum absolute atomic E-state index is 0.202. The van der Waals surface area contributed by atoms with Crippen molar-refractivity contribution in [2.24, 2.45) is 11.5 Å². The highest BCUT2D eigenvalue weighted by atomic mass is 32.3. The number of likely N-dealkylation sites (N-methyl/N-ethyl adjacent to an activating group) is 2. The van der Waals surface area contributed by atoms with Crippen molar-refractivity contribution in [2.45, 2.75) is 0 Å². The van der Waals surface area contributed by atoms with Crippen LogP contribution in [0.5, 0.6) is 0 Å². The van der Waals surface area contributed by atoms with Crippen LogP contribution in [0.4, 0.5) is 0 Å². The summed E-state index contributed by atoms with van der Waals surface area (Å²) >= 11 is 0. The summed E-state index contributed by atoms with van der Waals surface area (Å²) in [5.74, 6) is 0.404. The number of piperazine rings is 2. The fourth-order valence-electron chi connectivity index (χ4n) is 2.09. The second-order valence-electron chi connectivity index (χ2n) is 5.80. The molecule has 148 valence electrons. The predicted molar refractivity (Wildman–Crippen MR) is 96.1 cm³/mol. The minimum Gasteiger partial charge on any atom is -0.370 e. The lowest BCUT2D eigenvalue weighted by atomic mass is 10.3. The zero-order chi connectivity index (χ0) is 19.6. The molecule has 0 spiro atoms. The van der Waals surface area contributed by atoms with Crippen LogP contribution in [0.25, 0.3) is 0 Å². The quantitative estimate of drug-likeness (QED) is 0.150. The Balaban J connectivity index is 0.000000368. The lowest BCUT2D eigenvalue weighted by Crippen LogP contribution is -2.49. The summed E-state index contributed by atoms with van der Waals surface area (Å²) in [6.07, 6.45) is 0. The van der Waals surface area contributed by atoms with Gasteiger partial charge in [-0.15, -0.1) is 0 Å². The van der Waals surface area contributed by atoms with Gasteiger partial charge in [0.05, 0.1) is 0 Å². The van der Waals surface area contributed by atoms with E-state index in [1.54, 1.807) is 0 Å². The fourth-order valence-corrected chi connectivity index (χ4v) is 2.09. The molecule has 0 aromatic heterocycles. The van der Waals surface area contributed by atoms with Crippen molar-refractivity contribution in [3.8, 4) is 0 Å². The van der Waals surface area contributed by atoms with Gasteiger partial charge in [0.15, 0.2) is 11.9 Å². The Kier molecular flexibility index (Phi) is 10.3. The van der Waals surface area contributed by atoms with Gasteiger partial charge in [0.1, 0.15) is 0 Å². The number of guanidine groups is 2. The molecule has 0 aromatic carbocycles. The molecule has 0 amide bonds.